The highest BCUT2D eigenvalue weighted by Crippen LogP contribution is 2.46. The molecule has 0 atom stereocenters. The van der Waals surface area contributed by atoms with Crippen LogP contribution in [0.25, 0.3) is 22.2 Å². The molecular weight excluding hydrogens is 286 g/mol. The molecule has 0 radical (unpaired) electrons. The monoisotopic (exact) mass is 303 g/mol. The van der Waals surface area contributed by atoms with Gasteiger partial charge in [-0.1, -0.05) is 12.1 Å². The number of anilines is 1. The number of hydrogen-bond acceptors (Lipinski definition) is 3. The molecule has 2 aromatic carbocycles. The number of nitrogen functional groups attached to an aromatic ring is 1. The summed E-state index contributed by atoms with van der Waals surface area (Å²) in [5.41, 5.74) is 11.2. The van der Waals surface area contributed by atoms with Gasteiger partial charge in [0.25, 0.3) is 0 Å². The lowest BCUT2D eigenvalue weighted by Crippen LogP contribution is -1.88. The van der Waals surface area contributed by atoms with Crippen LogP contribution in [0.15, 0.2) is 36.4 Å². The van der Waals surface area contributed by atoms with E-state index in [1.807, 2.05) is 30.3 Å². The Balaban J connectivity index is 2.01. The molecular formula is C19H17N3O. The smallest absolute Gasteiger partial charge is 0.121 e. The molecule has 3 N–H and O–H groups in total. The highest BCUT2D eigenvalue weighted by atomic mass is 16.5. The number of methoxy groups -OCH3 is 1. The second-order valence-corrected chi connectivity index (χ2v) is 6.02. The van der Waals surface area contributed by atoms with Gasteiger partial charge in [-0.2, -0.15) is 5.26 Å². The molecule has 0 amide bonds. The zero-order chi connectivity index (χ0) is 16.0. The zero-order valence-electron chi connectivity index (χ0n) is 12.9. The maximum atomic E-state index is 9.75. The number of aromatic nitrogens is 1. The summed E-state index contributed by atoms with van der Waals surface area (Å²) in [6, 6.07) is 14.0. The van der Waals surface area contributed by atoms with Gasteiger partial charge in [-0.25, -0.2) is 0 Å². The van der Waals surface area contributed by atoms with Gasteiger partial charge >= 0.3 is 0 Å². The molecule has 1 saturated carbocycles. The van der Waals surface area contributed by atoms with Crippen LogP contribution in [0, 0.1) is 11.3 Å². The van der Waals surface area contributed by atoms with Crippen LogP contribution in [-0.4, -0.2) is 12.1 Å². The summed E-state index contributed by atoms with van der Waals surface area (Å²) in [5, 5.41) is 10.8. The maximum Gasteiger partial charge on any atom is 0.121 e. The predicted molar refractivity (Wildman–Crippen MR) is 91.4 cm³/mol. The second-order valence-electron chi connectivity index (χ2n) is 6.02. The molecule has 3 aromatic rings. The standard InChI is InChI=1S/C19H17N3O/c1-23-14-8-15(11-2-3-11)18-16(10-20)19(22-17(18)9-14)12-4-6-13(21)7-5-12/h4-9,11,22H,2-3,21H2,1H3. The zero-order valence-corrected chi connectivity index (χ0v) is 12.9. The van der Waals surface area contributed by atoms with Gasteiger partial charge in [0.1, 0.15) is 11.8 Å². The van der Waals surface area contributed by atoms with Crippen molar-refractivity contribution >= 4 is 16.6 Å². The largest absolute Gasteiger partial charge is 0.497 e. The minimum Gasteiger partial charge on any atom is -0.497 e. The van der Waals surface area contributed by atoms with Gasteiger partial charge in [-0.05, 0) is 48.1 Å². The molecule has 0 bridgehead atoms. The molecule has 1 aliphatic rings. The Labute approximate surface area is 134 Å². The van der Waals surface area contributed by atoms with Crippen LogP contribution in [0.2, 0.25) is 0 Å². The summed E-state index contributed by atoms with van der Waals surface area (Å²) in [7, 11) is 1.67. The third-order valence-corrected chi connectivity index (χ3v) is 4.47. The fraction of sp³-hybridized carbons (Fsp3) is 0.211. The van der Waals surface area contributed by atoms with Gasteiger partial charge < -0.3 is 15.5 Å². The number of nitrogens with zero attached hydrogens (tertiary/aromatic N) is 1. The fourth-order valence-corrected chi connectivity index (χ4v) is 3.15. The third kappa shape index (κ3) is 2.22. The average molecular weight is 303 g/mol. The van der Waals surface area contributed by atoms with Crippen LogP contribution in [-0.2, 0) is 0 Å². The van der Waals surface area contributed by atoms with Crippen molar-refractivity contribution in [3.63, 3.8) is 0 Å². The number of rotatable bonds is 3. The first-order valence-corrected chi connectivity index (χ1v) is 7.71. The summed E-state index contributed by atoms with van der Waals surface area (Å²) < 4.78 is 5.43. The molecule has 4 rings (SSSR count). The van der Waals surface area contributed by atoms with E-state index in [9.17, 15) is 5.26 Å². The Bertz CT molecular complexity index is 928. The van der Waals surface area contributed by atoms with E-state index >= 15 is 0 Å². The Morgan fingerprint density at radius 2 is 1.96 bits per heavy atom. The molecule has 0 unspecified atom stereocenters. The number of nitrogens with one attached hydrogen (secondary N) is 1. The van der Waals surface area contributed by atoms with Crippen LogP contribution in [0.1, 0.15) is 29.9 Å². The highest BCUT2D eigenvalue weighted by molar-refractivity contribution is 5.97. The third-order valence-electron chi connectivity index (χ3n) is 4.47. The Morgan fingerprint density at radius 1 is 1.22 bits per heavy atom. The summed E-state index contributed by atoms with van der Waals surface area (Å²) in [5.74, 6) is 1.36. The Kier molecular flexibility index (Phi) is 3.02. The van der Waals surface area contributed by atoms with E-state index in [0.29, 0.717) is 17.2 Å². The highest BCUT2D eigenvalue weighted by Gasteiger charge is 2.29. The number of nitrogens with two attached hydrogens (primary N) is 1. The van der Waals surface area contributed by atoms with E-state index in [-0.39, 0.29) is 0 Å². The van der Waals surface area contributed by atoms with Gasteiger partial charge in [0.2, 0.25) is 0 Å². The Morgan fingerprint density at radius 3 is 2.57 bits per heavy atom. The number of H-pyrrole nitrogens is 1. The van der Waals surface area contributed by atoms with Gasteiger partial charge in [-0.3, -0.25) is 0 Å². The van der Waals surface area contributed by atoms with Crippen molar-refractivity contribution in [2.24, 2.45) is 0 Å². The molecule has 1 aromatic heterocycles. The Hall–Kier alpha value is -2.93. The fourth-order valence-electron chi connectivity index (χ4n) is 3.15. The van der Waals surface area contributed by atoms with Crippen LogP contribution < -0.4 is 10.5 Å². The maximum absolute atomic E-state index is 9.75. The van der Waals surface area contributed by atoms with Crippen molar-refractivity contribution in [1.82, 2.24) is 4.98 Å². The lowest BCUT2D eigenvalue weighted by atomic mass is 9.99. The number of hydrogen-bond donors (Lipinski definition) is 2. The van der Waals surface area contributed by atoms with Crippen LogP contribution in [0.5, 0.6) is 5.75 Å². The average Bonchev–Trinajstić information content (AvgIpc) is 3.35. The van der Waals surface area contributed by atoms with E-state index in [1.54, 1.807) is 7.11 Å². The van der Waals surface area contributed by atoms with Crippen LogP contribution in [0.3, 0.4) is 0 Å². The molecule has 1 aliphatic carbocycles. The lowest BCUT2D eigenvalue weighted by molar-refractivity contribution is 0.415. The first kappa shape index (κ1) is 13.7. The van der Waals surface area contributed by atoms with Crippen LogP contribution >= 0.6 is 0 Å². The van der Waals surface area contributed by atoms with Gasteiger partial charge in [0, 0.05) is 17.1 Å². The molecule has 4 heteroatoms. The van der Waals surface area contributed by atoms with Gasteiger partial charge in [0.15, 0.2) is 0 Å². The summed E-state index contributed by atoms with van der Waals surface area (Å²) >= 11 is 0. The van der Waals surface area contributed by atoms with Crippen molar-refractivity contribution in [3.8, 4) is 23.1 Å². The molecule has 0 aliphatic heterocycles. The molecule has 23 heavy (non-hydrogen) atoms. The molecule has 1 heterocycles. The van der Waals surface area contributed by atoms with Gasteiger partial charge in [0.05, 0.1) is 23.9 Å². The number of nitriles is 1. The minimum atomic E-state index is 0.537. The van der Waals surface area contributed by atoms with E-state index in [0.717, 1.165) is 27.9 Å². The van der Waals surface area contributed by atoms with Crippen molar-refractivity contribution in [1.29, 1.82) is 5.26 Å². The summed E-state index contributed by atoms with van der Waals surface area (Å²) in [6.45, 7) is 0. The van der Waals surface area contributed by atoms with Crippen molar-refractivity contribution in [2.45, 2.75) is 18.8 Å². The predicted octanol–water partition coefficient (Wildman–Crippen LogP) is 4.17. The first-order chi connectivity index (χ1) is 11.2. The van der Waals surface area contributed by atoms with Crippen molar-refractivity contribution in [3.05, 3.63) is 47.5 Å². The number of benzene rings is 2. The van der Waals surface area contributed by atoms with E-state index in [1.165, 1.54) is 18.4 Å². The number of fused-ring (bicyclic) bond motifs is 1. The van der Waals surface area contributed by atoms with Crippen molar-refractivity contribution in [2.75, 3.05) is 12.8 Å². The molecule has 4 nitrogen and oxygen atoms in total. The van der Waals surface area contributed by atoms with E-state index in [2.05, 4.69) is 17.1 Å². The lowest BCUT2D eigenvalue weighted by Gasteiger charge is -2.06. The molecule has 1 fully saturated rings. The molecule has 114 valence electrons. The SMILES string of the molecule is COc1cc(C2CC2)c2c(C#N)c(-c3ccc(N)cc3)[nH]c2c1. The molecule has 0 saturated heterocycles. The molecule has 0 spiro atoms. The first-order valence-electron chi connectivity index (χ1n) is 7.71. The van der Waals surface area contributed by atoms with Crippen molar-refractivity contribution < 1.29 is 4.74 Å². The van der Waals surface area contributed by atoms with Gasteiger partial charge in [-0.15, -0.1) is 0 Å². The van der Waals surface area contributed by atoms with Crippen LogP contribution in [0.4, 0.5) is 5.69 Å². The number of aromatic amines is 1. The normalized spacial score (nSPS) is 13.9. The summed E-state index contributed by atoms with van der Waals surface area (Å²) in [4.78, 5) is 3.41. The van der Waals surface area contributed by atoms with E-state index in [4.69, 9.17) is 10.5 Å². The topological polar surface area (TPSA) is 74.8 Å². The van der Waals surface area contributed by atoms with E-state index < -0.39 is 0 Å². The quantitative estimate of drug-likeness (QED) is 0.713. The second kappa shape index (κ2) is 5.06. The minimum absolute atomic E-state index is 0.537. The number of ether oxygens (including phenoxy) is 1. The summed E-state index contributed by atoms with van der Waals surface area (Å²) in [6.07, 6.45) is 2.35.